The number of rotatable bonds is 2. The fourth-order valence-electron chi connectivity index (χ4n) is 1.12. The van der Waals surface area contributed by atoms with Gasteiger partial charge in [0.15, 0.2) is 0 Å². The maximum absolute atomic E-state index is 12.4. The number of alkyl halides is 3. The molecule has 0 saturated heterocycles. The van der Waals surface area contributed by atoms with Crippen LogP contribution in [0.1, 0.15) is 18.1 Å². The molecule has 0 aliphatic heterocycles. The Morgan fingerprint density at radius 2 is 2.06 bits per heavy atom. The van der Waals surface area contributed by atoms with E-state index in [4.69, 9.17) is 5.73 Å². The van der Waals surface area contributed by atoms with Crippen molar-refractivity contribution in [2.75, 3.05) is 0 Å². The Morgan fingerprint density at radius 1 is 1.41 bits per heavy atom. The van der Waals surface area contributed by atoms with Gasteiger partial charge in [-0.15, -0.1) is 0 Å². The first-order chi connectivity index (χ1) is 7.80. The highest BCUT2D eigenvalue weighted by molar-refractivity contribution is 5.99. The van der Waals surface area contributed by atoms with E-state index in [1.54, 1.807) is 0 Å². The minimum atomic E-state index is -4.41. The second-order valence-electron chi connectivity index (χ2n) is 3.25. The molecule has 0 saturated carbocycles. The third-order valence-electron chi connectivity index (χ3n) is 1.94. The van der Waals surface area contributed by atoms with E-state index in [1.165, 1.54) is 19.1 Å². The van der Waals surface area contributed by atoms with Crippen LogP contribution in [0.3, 0.4) is 0 Å². The molecule has 2 amide bonds. The zero-order valence-electron chi connectivity index (χ0n) is 8.88. The van der Waals surface area contributed by atoms with E-state index in [2.05, 4.69) is 5.10 Å². The third-order valence-corrected chi connectivity index (χ3v) is 1.94. The highest BCUT2D eigenvalue weighted by atomic mass is 19.4. The lowest BCUT2D eigenvalue weighted by Gasteiger charge is -2.08. The van der Waals surface area contributed by atoms with Gasteiger partial charge in [-0.2, -0.15) is 18.3 Å². The van der Waals surface area contributed by atoms with Gasteiger partial charge in [-0.25, -0.2) is 10.2 Å². The molecular weight excluding hydrogens is 235 g/mol. The summed E-state index contributed by atoms with van der Waals surface area (Å²) in [5, 5.41) is 3.54. The zero-order valence-corrected chi connectivity index (χ0v) is 8.88. The summed E-state index contributed by atoms with van der Waals surface area (Å²) in [6.45, 7) is 1.46. The van der Waals surface area contributed by atoms with Crippen molar-refractivity contribution in [3.63, 3.8) is 0 Å². The van der Waals surface area contributed by atoms with Crippen LogP contribution in [0.25, 0.3) is 0 Å². The Kier molecular flexibility index (Phi) is 3.72. The number of nitrogens with two attached hydrogens (primary N) is 1. The lowest BCUT2D eigenvalue weighted by molar-refractivity contribution is -0.137. The van der Waals surface area contributed by atoms with Gasteiger partial charge < -0.3 is 5.73 Å². The van der Waals surface area contributed by atoms with Gasteiger partial charge in [-0.05, 0) is 24.6 Å². The summed E-state index contributed by atoms with van der Waals surface area (Å²) in [7, 11) is 0. The number of carbonyl (C=O) groups is 1. The number of amides is 2. The lowest BCUT2D eigenvalue weighted by atomic mass is 10.1. The SMILES string of the molecule is CC(=NNC(N)=O)c1cccc(C(F)(F)F)c1. The second-order valence-corrected chi connectivity index (χ2v) is 3.25. The zero-order chi connectivity index (χ0) is 13.1. The van der Waals surface area contributed by atoms with Crippen LogP contribution >= 0.6 is 0 Å². The number of carbonyl (C=O) groups excluding carboxylic acids is 1. The van der Waals surface area contributed by atoms with Gasteiger partial charge in [0, 0.05) is 0 Å². The van der Waals surface area contributed by atoms with E-state index >= 15 is 0 Å². The average Bonchev–Trinajstić information content (AvgIpc) is 2.25. The van der Waals surface area contributed by atoms with Gasteiger partial charge in [-0.1, -0.05) is 12.1 Å². The predicted octanol–water partition coefficient (Wildman–Crippen LogP) is 2.10. The fourth-order valence-corrected chi connectivity index (χ4v) is 1.12. The van der Waals surface area contributed by atoms with Gasteiger partial charge in [0.1, 0.15) is 0 Å². The van der Waals surface area contributed by atoms with E-state index in [0.717, 1.165) is 12.1 Å². The quantitative estimate of drug-likeness (QED) is 0.608. The largest absolute Gasteiger partial charge is 0.416 e. The lowest BCUT2D eigenvalue weighted by Crippen LogP contribution is -2.25. The Bertz CT molecular complexity index is 454. The van der Waals surface area contributed by atoms with Gasteiger partial charge in [0.05, 0.1) is 11.3 Å². The smallest absolute Gasteiger partial charge is 0.350 e. The van der Waals surface area contributed by atoms with Crippen molar-refractivity contribution in [3.8, 4) is 0 Å². The number of hydrogen-bond donors (Lipinski definition) is 2. The molecule has 1 aromatic carbocycles. The maximum Gasteiger partial charge on any atom is 0.416 e. The highest BCUT2D eigenvalue weighted by Crippen LogP contribution is 2.29. The number of hydrazone groups is 1. The summed E-state index contributed by atoms with van der Waals surface area (Å²) in [5.41, 5.74) is 6.44. The van der Waals surface area contributed by atoms with E-state index in [1.807, 2.05) is 5.43 Å². The molecule has 0 radical (unpaired) electrons. The van der Waals surface area contributed by atoms with Crippen molar-refractivity contribution in [3.05, 3.63) is 35.4 Å². The Hall–Kier alpha value is -2.05. The molecule has 3 N–H and O–H groups in total. The van der Waals surface area contributed by atoms with Crippen molar-refractivity contribution in [1.29, 1.82) is 0 Å². The van der Waals surface area contributed by atoms with Crippen LogP contribution in [0.15, 0.2) is 29.4 Å². The van der Waals surface area contributed by atoms with Crippen molar-refractivity contribution in [1.82, 2.24) is 5.43 Å². The van der Waals surface area contributed by atoms with Crippen LogP contribution in [0.5, 0.6) is 0 Å². The minimum absolute atomic E-state index is 0.231. The average molecular weight is 245 g/mol. The van der Waals surface area contributed by atoms with Crippen molar-refractivity contribution in [2.24, 2.45) is 10.8 Å². The summed E-state index contributed by atoms with van der Waals surface area (Å²) >= 11 is 0. The Labute approximate surface area is 95.3 Å². The van der Waals surface area contributed by atoms with Gasteiger partial charge in [0.2, 0.25) is 0 Å². The van der Waals surface area contributed by atoms with E-state index in [-0.39, 0.29) is 11.3 Å². The molecule has 92 valence electrons. The topological polar surface area (TPSA) is 67.5 Å². The number of nitrogens with one attached hydrogen (secondary N) is 1. The first-order valence-electron chi connectivity index (χ1n) is 4.58. The normalized spacial score (nSPS) is 12.4. The van der Waals surface area contributed by atoms with Gasteiger partial charge in [0.25, 0.3) is 0 Å². The molecule has 1 aromatic rings. The number of halogens is 3. The van der Waals surface area contributed by atoms with Crippen LogP contribution in [-0.4, -0.2) is 11.7 Å². The van der Waals surface area contributed by atoms with Crippen molar-refractivity contribution >= 4 is 11.7 Å². The van der Waals surface area contributed by atoms with Crippen LogP contribution in [0.4, 0.5) is 18.0 Å². The predicted molar refractivity (Wildman–Crippen MR) is 56.4 cm³/mol. The number of urea groups is 1. The first kappa shape index (κ1) is 13.0. The second kappa shape index (κ2) is 4.86. The summed E-state index contributed by atoms with van der Waals surface area (Å²) in [6, 6.07) is 3.74. The summed E-state index contributed by atoms with van der Waals surface area (Å²) in [4.78, 5) is 10.4. The Morgan fingerprint density at radius 3 is 2.59 bits per heavy atom. The number of benzene rings is 1. The van der Waals surface area contributed by atoms with Gasteiger partial charge in [-0.3, -0.25) is 0 Å². The standard InChI is InChI=1S/C10H10F3N3O/c1-6(15-16-9(14)17)7-3-2-4-8(5-7)10(11,12)13/h2-5H,1H3,(H3,14,16,17). The molecule has 0 heterocycles. The number of nitrogens with zero attached hydrogens (tertiary/aromatic N) is 1. The molecule has 4 nitrogen and oxygen atoms in total. The summed E-state index contributed by atoms with van der Waals surface area (Å²) in [5.74, 6) is 0. The molecule has 1 rings (SSSR count). The highest BCUT2D eigenvalue weighted by Gasteiger charge is 2.30. The number of hydrogen-bond acceptors (Lipinski definition) is 2. The number of primary amides is 1. The molecule has 0 fully saturated rings. The molecule has 17 heavy (non-hydrogen) atoms. The molecule has 0 aliphatic rings. The monoisotopic (exact) mass is 245 g/mol. The fraction of sp³-hybridized carbons (Fsp3) is 0.200. The third kappa shape index (κ3) is 3.78. The van der Waals surface area contributed by atoms with Crippen molar-refractivity contribution < 1.29 is 18.0 Å². The molecular formula is C10H10F3N3O. The van der Waals surface area contributed by atoms with E-state index < -0.39 is 17.8 Å². The minimum Gasteiger partial charge on any atom is -0.350 e. The Balaban J connectivity index is 3.00. The molecule has 0 aromatic heterocycles. The molecule has 0 spiro atoms. The molecule has 0 atom stereocenters. The first-order valence-corrected chi connectivity index (χ1v) is 4.58. The molecule has 0 bridgehead atoms. The van der Waals surface area contributed by atoms with E-state index in [0.29, 0.717) is 0 Å². The summed E-state index contributed by atoms with van der Waals surface area (Å²) < 4.78 is 37.2. The molecule has 7 heteroatoms. The maximum atomic E-state index is 12.4. The van der Waals surface area contributed by atoms with Crippen LogP contribution in [0, 0.1) is 0 Å². The van der Waals surface area contributed by atoms with E-state index in [9.17, 15) is 18.0 Å². The van der Waals surface area contributed by atoms with Gasteiger partial charge >= 0.3 is 12.2 Å². The summed E-state index contributed by atoms with van der Waals surface area (Å²) in [6.07, 6.45) is -4.41. The van der Waals surface area contributed by atoms with Crippen LogP contribution in [0.2, 0.25) is 0 Å². The van der Waals surface area contributed by atoms with Crippen molar-refractivity contribution in [2.45, 2.75) is 13.1 Å². The van der Waals surface area contributed by atoms with Crippen LogP contribution < -0.4 is 11.2 Å². The molecule has 0 aliphatic carbocycles. The van der Waals surface area contributed by atoms with Crippen LogP contribution in [-0.2, 0) is 6.18 Å². The molecule has 0 unspecified atom stereocenters.